The van der Waals surface area contributed by atoms with Gasteiger partial charge in [0, 0.05) is 0 Å². The second kappa shape index (κ2) is 6.70. The van der Waals surface area contributed by atoms with E-state index in [4.69, 9.17) is 0 Å². The molecular weight excluding hydrogens is 229 g/mol. The van der Waals surface area contributed by atoms with Gasteiger partial charge < -0.3 is 6.08 Å². The van der Waals surface area contributed by atoms with Gasteiger partial charge in [0.2, 0.25) is 0 Å². The Kier molecular flexibility index (Phi) is 7.13. The number of hydrogen-bond donors (Lipinski definition) is 0. The standard InChI is InChI=1S/C7H9.BrH.Zn/c1-2-4-7-5-3-6-7;;/h2H,1,3-5H2;1H;/q-1;;+2/p-1. The first-order valence-electron chi connectivity index (χ1n) is 2.89. The van der Waals surface area contributed by atoms with Gasteiger partial charge in [-0.25, -0.2) is 0 Å². The monoisotopic (exact) mass is 236 g/mol. The second-order valence-corrected chi connectivity index (χ2v) is 1.77. The van der Waals surface area contributed by atoms with Gasteiger partial charge in [0.15, 0.2) is 0 Å². The number of hydrogen-bond acceptors (Lipinski definition) is 0. The molecule has 0 spiro atoms. The molecule has 9 heavy (non-hydrogen) atoms. The summed E-state index contributed by atoms with van der Waals surface area (Å²) < 4.78 is 0. The van der Waals surface area contributed by atoms with E-state index in [2.05, 4.69) is 26.3 Å². The van der Waals surface area contributed by atoms with E-state index in [9.17, 15) is 0 Å². The maximum absolute atomic E-state index is 3.62. The van der Waals surface area contributed by atoms with E-state index in [1.807, 2.05) is 6.08 Å². The normalized spacial score (nSPS) is 14.3. The summed E-state index contributed by atoms with van der Waals surface area (Å²) in [6, 6.07) is 0. The summed E-state index contributed by atoms with van der Waals surface area (Å²) in [5.74, 6) is 0. The van der Waals surface area contributed by atoms with Gasteiger partial charge in [0.1, 0.15) is 0 Å². The number of rotatable bonds is 2. The van der Waals surface area contributed by atoms with Crippen molar-refractivity contribution < 1.29 is 16.3 Å². The van der Waals surface area contributed by atoms with Crippen LogP contribution in [0.5, 0.6) is 0 Å². The van der Waals surface area contributed by atoms with Crippen LogP contribution in [-0.2, 0) is 16.3 Å². The molecule has 2 heteroatoms. The van der Waals surface area contributed by atoms with E-state index in [1.165, 1.54) is 34.8 Å². The molecule has 0 aromatic carbocycles. The minimum atomic E-state index is 1.06. The van der Waals surface area contributed by atoms with Crippen molar-refractivity contribution >= 4 is 13.6 Å². The third kappa shape index (κ3) is 4.05. The molecule has 0 unspecified atom stereocenters. The van der Waals surface area contributed by atoms with Crippen molar-refractivity contribution in [1.82, 2.24) is 0 Å². The van der Waals surface area contributed by atoms with Gasteiger partial charge in [-0.05, 0) is 6.42 Å². The molecule has 0 radical (unpaired) electrons. The zero-order chi connectivity index (χ0) is 7.11. The Bertz CT molecular complexity index is 107. The van der Waals surface area contributed by atoms with Crippen LogP contribution < -0.4 is 0 Å². The second-order valence-electron chi connectivity index (χ2n) is 1.77. The molecule has 0 fully saturated rings. The van der Waals surface area contributed by atoms with Gasteiger partial charge >= 0.3 is 30.0 Å². The van der Waals surface area contributed by atoms with Crippen molar-refractivity contribution in [1.29, 1.82) is 0 Å². The van der Waals surface area contributed by atoms with Crippen LogP contribution in [0.3, 0.4) is 0 Å². The van der Waals surface area contributed by atoms with Crippen LogP contribution in [0, 0.1) is 6.08 Å². The molecule has 0 amide bonds. The third-order valence-electron chi connectivity index (χ3n) is 1.19. The average molecular weight is 238 g/mol. The molecule has 0 atom stereocenters. The van der Waals surface area contributed by atoms with E-state index in [0.29, 0.717) is 0 Å². The zero-order valence-electron chi connectivity index (χ0n) is 5.49. The predicted molar refractivity (Wildman–Crippen MR) is 39.7 cm³/mol. The topological polar surface area (TPSA) is 0 Å². The Morgan fingerprint density at radius 2 is 2.33 bits per heavy atom. The zero-order valence-corrected chi connectivity index (χ0v) is 10.0. The Morgan fingerprint density at radius 1 is 1.78 bits per heavy atom. The maximum atomic E-state index is 3.62. The van der Waals surface area contributed by atoms with Crippen LogP contribution in [0.15, 0.2) is 18.2 Å². The van der Waals surface area contributed by atoms with Gasteiger partial charge in [0.05, 0.1) is 0 Å². The van der Waals surface area contributed by atoms with Crippen LogP contribution in [0.2, 0.25) is 0 Å². The fourth-order valence-corrected chi connectivity index (χ4v) is 0.650. The molecule has 46 valence electrons. The molecule has 0 nitrogen and oxygen atoms in total. The summed E-state index contributed by atoms with van der Waals surface area (Å²) in [5, 5.41) is 0. The first-order chi connectivity index (χ1) is 4.43. The van der Waals surface area contributed by atoms with Gasteiger partial charge in [-0.15, -0.1) is 6.58 Å². The van der Waals surface area contributed by atoms with Crippen LogP contribution >= 0.6 is 13.6 Å². The first kappa shape index (κ1) is 9.58. The Balaban J connectivity index is 0.000000291. The molecule has 0 heterocycles. The van der Waals surface area contributed by atoms with Crippen molar-refractivity contribution in [3.05, 3.63) is 24.3 Å². The molecule has 0 saturated heterocycles. The Morgan fingerprint density at radius 3 is 2.44 bits per heavy atom. The number of halogens is 1. The summed E-state index contributed by atoms with van der Waals surface area (Å²) in [6.45, 7) is 3.62. The van der Waals surface area contributed by atoms with Crippen molar-refractivity contribution in [3.63, 3.8) is 0 Å². The summed E-state index contributed by atoms with van der Waals surface area (Å²) in [5.41, 5.74) is 1.44. The molecule has 0 aromatic heterocycles. The first-order valence-corrected chi connectivity index (χ1v) is 9.84. The van der Waals surface area contributed by atoms with Crippen molar-refractivity contribution in [3.8, 4) is 0 Å². The van der Waals surface area contributed by atoms with E-state index >= 15 is 0 Å². The summed E-state index contributed by atoms with van der Waals surface area (Å²) in [4.78, 5) is 0. The molecule has 0 saturated carbocycles. The molecule has 0 N–H and O–H groups in total. The molecule has 1 aliphatic carbocycles. The molecule has 0 aromatic rings. The molecular formula is C7H9BrZn. The Labute approximate surface area is 73.4 Å². The molecule has 1 rings (SSSR count). The van der Waals surface area contributed by atoms with E-state index in [1.54, 1.807) is 0 Å². The number of allylic oxidation sites excluding steroid dienone is 3. The van der Waals surface area contributed by atoms with Crippen LogP contribution in [-0.4, -0.2) is 0 Å². The van der Waals surface area contributed by atoms with E-state index in [0.717, 1.165) is 6.42 Å². The van der Waals surface area contributed by atoms with Crippen LogP contribution in [0.25, 0.3) is 0 Å². The van der Waals surface area contributed by atoms with Gasteiger partial charge in [-0.3, -0.25) is 5.57 Å². The SMILES string of the molecule is C=CCC1=[C-]CC1.[Zn+][Br]. The van der Waals surface area contributed by atoms with E-state index < -0.39 is 0 Å². The summed E-state index contributed by atoms with van der Waals surface area (Å²) in [6.07, 6.45) is 8.61. The van der Waals surface area contributed by atoms with E-state index in [-0.39, 0.29) is 0 Å². The minimum absolute atomic E-state index is 1.06. The van der Waals surface area contributed by atoms with Crippen molar-refractivity contribution in [2.45, 2.75) is 19.3 Å². The molecule has 0 bridgehead atoms. The predicted octanol–water partition coefficient (Wildman–Crippen LogP) is 2.93. The van der Waals surface area contributed by atoms with Crippen LogP contribution in [0.4, 0.5) is 0 Å². The molecule has 1 aliphatic rings. The van der Waals surface area contributed by atoms with Crippen molar-refractivity contribution in [2.75, 3.05) is 0 Å². The summed E-state index contributed by atoms with van der Waals surface area (Å²) >= 11 is 4.25. The van der Waals surface area contributed by atoms with Gasteiger partial charge in [-0.1, -0.05) is 12.5 Å². The molecule has 0 aliphatic heterocycles. The fraction of sp³-hybridized carbons (Fsp3) is 0.429. The van der Waals surface area contributed by atoms with Gasteiger partial charge in [-0.2, -0.15) is 6.42 Å². The van der Waals surface area contributed by atoms with Crippen molar-refractivity contribution in [2.24, 2.45) is 0 Å². The fourth-order valence-electron chi connectivity index (χ4n) is 0.650. The average Bonchev–Trinajstić information content (AvgIpc) is 1.84. The third-order valence-corrected chi connectivity index (χ3v) is 1.19. The quantitative estimate of drug-likeness (QED) is 0.394. The van der Waals surface area contributed by atoms with Crippen LogP contribution in [0.1, 0.15) is 19.3 Å². The summed E-state index contributed by atoms with van der Waals surface area (Å²) in [7, 11) is 0. The Hall–Kier alpha value is 0.583. The van der Waals surface area contributed by atoms with Gasteiger partial charge in [0.25, 0.3) is 0 Å².